The minimum absolute atomic E-state index is 0.00639. The van der Waals surface area contributed by atoms with E-state index in [0.717, 1.165) is 4.90 Å². The Bertz CT molecular complexity index is 855. The van der Waals surface area contributed by atoms with Crippen LogP contribution in [0.2, 0.25) is 0 Å². The third-order valence-corrected chi connectivity index (χ3v) is 4.65. The Morgan fingerprint density at radius 3 is 2.57 bits per heavy atom. The SMILES string of the molecule is NC(CNCc1cccc2c1C(=O)N(C1CCC(=O)NC1=O)C2=O)C(F)(F)F. The summed E-state index contributed by atoms with van der Waals surface area (Å²) >= 11 is 0. The molecule has 1 fully saturated rings. The second-order valence-electron chi connectivity index (χ2n) is 6.57. The summed E-state index contributed by atoms with van der Waals surface area (Å²) in [6.45, 7) is -0.679. The smallest absolute Gasteiger partial charge is 0.319 e. The average Bonchev–Trinajstić information content (AvgIpc) is 2.86. The Labute approximate surface area is 157 Å². The molecule has 2 aliphatic rings. The van der Waals surface area contributed by atoms with Gasteiger partial charge in [-0.1, -0.05) is 12.1 Å². The molecule has 0 saturated carbocycles. The van der Waals surface area contributed by atoms with Crippen molar-refractivity contribution in [3.8, 4) is 0 Å². The molecule has 0 aliphatic carbocycles. The third-order valence-electron chi connectivity index (χ3n) is 4.65. The molecule has 1 saturated heterocycles. The summed E-state index contributed by atoms with van der Waals surface area (Å²) in [4.78, 5) is 49.6. The summed E-state index contributed by atoms with van der Waals surface area (Å²) in [7, 11) is 0. The fourth-order valence-electron chi connectivity index (χ4n) is 3.21. The van der Waals surface area contributed by atoms with Crippen LogP contribution in [0.4, 0.5) is 13.2 Å². The van der Waals surface area contributed by atoms with Crippen LogP contribution < -0.4 is 16.4 Å². The number of halogens is 3. The van der Waals surface area contributed by atoms with E-state index in [4.69, 9.17) is 5.73 Å². The van der Waals surface area contributed by atoms with Crippen LogP contribution in [0.3, 0.4) is 0 Å². The zero-order valence-corrected chi connectivity index (χ0v) is 14.5. The van der Waals surface area contributed by atoms with Crippen molar-refractivity contribution in [1.82, 2.24) is 15.5 Å². The number of nitrogens with one attached hydrogen (secondary N) is 2. The third kappa shape index (κ3) is 3.62. The average molecular weight is 398 g/mol. The number of amides is 4. The highest BCUT2D eigenvalue weighted by molar-refractivity contribution is 6.24. The number of carbonyl (C=O) groups excluding carboxylic acids is 4. The molecule has 0 aromatic heterocycles. The van der Waals surface area contributed by atoms with Gasteiger partial charge in [0, 0.05) is 19.5 Å². The molecule has 150 valence electrons. The first-order chi connectivity index (χ1) is 13.1. The number of carbonyl (C=O) groups is 4. The van der Waals surface area contributed by atoms with Crippen LogP contribution in [-0.2, 0) is 16.1 Å². The molecule has 3 rings (SSSR count). The van der Waals surface area contributed by atoms with Crippen molar-refractivity contribution >= 4 is 23.6 Å². The van der Waals surface area contributed by atoms with E-state index in [-0.39, 0.29) is 30.5 Å². The highest BCUT2D eigenvalue weighted by atomic mass is 19.4. The highest BCUT2D eigenvalue weighted by Crippen LogP contribution is 2.30. The van der Waals surface area contributed by atoms with Crippen molar-refractivity contribution in [2.24, 2.45) is 5.73 Å². The number of nitrogens with two attached hydrogens (primary N) is 1. The van der Waals surface area contributed by atoms with Gasteiger partial charge in [-0.2, -0.15) is 13.2 Å². The number of alkyl halides is 3. The standard InChI is InChI=1S/C17H17F3N4O4/c18-17(19,20)11(21)7-22-6-8-2-1-3-9-13(8)16(28)24(15(9)27)10-4-5-12(25)23-14(10)26/h1-3,10-11,22H,4-7,21H2,(H,23,25,26). The summed E-state index contributed by atoms with van der Waals surface area (Å²) in [5.74, 6) is -2.61. The van der Waals surface area contributed by atoms with Crippen LogP contribution in [0, 0.1) is 0 Å². The number of fused-ring (bicyclic) bond motifs is 1. The lowest BCUT2D eigenvalue weighted by atomic mass is 10.0. The molecule has 2 atom stereocenters. The Hall–Kier alpha value is -2.79. The van der Waals surface area contributed by atoms with Gasteiger partial charge in [-0.25, -0.2) is 0 Å². The van der Waals surface area contributed by atoms with Gasteiger partial charge in [0.2, 0.25) is 11.8 Å². The first kappa shape index (κ1) is 20.0. The van der Waals surface area contributed by atoms with Crippen LogP contribution in [0.15, 0.2) is 18.2 Å². The van der Waals surface area contributed by atoms with E-state index in [2.05, 4.69) is 10.6 Å². The lowest BCUT2D eigenvalue weighted by Gasteiger charge is -2.27. The van der Waals surface area contributed by atoms with Crippen LogP contribution >= 0.6 is 0 Å². The summed E-state index contributed by atoms with van der Waals surface area (Å²) in [5, 5.41) is 4.62. The fraction of sp³-hybridized carbons (Fsp3) is 0.412. The van der Waals surface area contributed by atoms with E-state index >= 15 is 0 Å². The van der Waals surface area contributed by atoms with Crippen molar-refractivity contribution in [3.63, 3.8) is 0 Å². The quantitative estimate of drug-likeness (QED) is 0.604. The van der Waals surface area contributed by atoms with Gasteiger partial charge in [0.1, 0.15) is 12.1 Å². The van der Waals surface area contributed by atoms with E-state index in [1.165, 1.54) is 18.2 Å². The zero-order chi connectivity index (χ0) is 20.6. The number of nitrogens with zero attached hydrogens (tertiary/aromatic N) is 1. The van der Waals surface area contributed by atoms with Gasteiger partial charge in [-0.15, -0.1) is 0 Å². The molecule has 11 heteroatoms. The molecular formula is C17H17F3N4O4. The Morgan fingerprint density at radius 2 is 1.93 bits per heavy atom. The minimum Gasteiger partial charge on any atom is -0.319 e. The molecule has 2 heterocycles. The maximum Gasteiger partial charge on any atom is 0.404 e. The topological polar surface area (TPSA) is 122 Å². The molecule has 0 spiro atoms. The number of imide groups is 2. The summed E-state index contributed by atoms with van der Waals surface area (Å²) in [6.07, 6.45) is -4.54. The Morgan fingerprint density at radius 1 is 1.21 bits per heavy atom. The molecular weight excluding hydrogens is 381 g/mol. The van der Waals surface area contributed by atoms with E-state index < -0.39 is 48.4 Å². The molecule has 0 bridgehead atoms. The number of benzene rings is 1. The monoisotopic (exact) mass is 398 g/mol. The number of hydrogen-bond acceptors (Lipinski definition) is 6. The fourth-order valence-corrected chi connectivity index (χ4v) is 3.21. The molecule has 1 aromatic rings. The Balaban J connectivity index is 1.79. The van der Waals surface area contributed by atoms with E-state index in [1.807, 2.05) is 0 Å². The molecule has 2 aliphatic heterocycles. The maximum absolute atomic E-state index is 12.8. The second-order valence-corrected chi connectivity index (χ2v) is 6.57. The molecule has 2 unspecified atom stereocenters. The normalized spacial score (nSPS) is 21.0. The highest BCUT2D eigenvalue weighted by Gasteiger charge is 2.45. The van der Waals surface area contributed by atoms with E-state index in [1.54, 1.807) is 0 Å². The number of piperidine rings is 1. The number of rotatable bonds is 5. The molecule has 28 heavy (non-hydrogen) atoms. The van der Waals surface area contributed by atoms with Crippen molar-refractivity contribution < 1.29 is 32.3 Å². The van der Waals surface area contributed by atoms with Crippen molar-refractivity contribution in [2.75, 3.05) is 6.54 Å². The summed E-state index contributed by atoms with van der Waals surface area (Å²) < 4.78 is 37.5. The molecule has 8 nitrogen and oxygen atoms in total. The van der Waals surface area contributed by atoms with Gasteiger partial charge in [0.15, 0.2) is 0 Å². The van der Waals surface area contributed by atoms with Gasteiger partial charge >= 0.3 is 6.18 Å². The van der Waals surface area contributed by atoms with Gasteiger partial charge in [-0.3, -0.25) is 29.4 Å². The Kier molecular flexibility index (Phi) is 5.22. The van der Waals surface area contributed by atoms with Crippen molar-refractivity contribution in [3.05, 3.63) is 34.9 Å². The van der Waals surface area contributed by atoms with E-state index in [9.17, 15) is 32.3 Å². The van der Waals surface area contributed by atoms with Crippen LogP contribution in [0.5, 0.6) is 0 Å². The zero-order valence-electron chi connectivity index (χ0n) is 14.5. The maximum atomic E-state index is 12.8. The predicted octanol–water partition coefficient (Wildman–Crippen LogP) is 0.0670. The van der Waals surface area contributed by atoms with Crippen LogP contribution in [0.1, 0.15) is 39.1 Å². The lowest BCUT2D eigenvalue weighted by Crippen LogP contribution is -2.54. The van der Waals surface area contributed by atoms with E-state index in [0.29, 0.717) is 5.56 Å². The minimum atomic E-state index is -4.56. The molecule has 4 N–H and O–H groups in total. The molecule has 0 radical (unpaired) electrons. The van der Waals surface area contributed by atoms with Gasteiger partial charge in [0.25, 0.3) is 11.8 Å². The molecule has 1 aromatic carbocycles. The van der Waals surface area contributed by atoms with Gasteiger partial charge in [0.05, 0.1) is 11.1 Å². The first-order valence-corrected chi connectivity index (χ1v) is 8.47. The van der Waals surface area contributed by atoms with Crippen LogP contribution in [-0.4, -0.2) is 53.3 Å². The largest absolute Gasteiger partial charge is 0.404 e. The summed E-state index contributed by atoms with van der Waals surface area (Å²) in [5.41, 5.74) is 5.45. The first-order valence-electron chi connectivity index (χ1n) is 8.47. The molecule has 4 amide bonds. The predicted molar refractivity (Wildman–Crippen MR) is 88.9 cm³/mol. The van der Waals surface area contributed by atoms with Gasteiger partial charge in [-0.05, 0) is 18.1 Å². The van der Waals surface area contributed by atoms with Gasteiger partial charge < -0.3 is 11.1 Å². The number of hydrogen-bond donors (Lipinski definition) is 3. The van der Waals surface area contributed by atoms with Crippen molar-refractivity contribution in [2.45, 2.75) is 37.6 Å². The van der Waals surface area contributed by atoms with Crippen molar-refractivity contribution in [1.29, 1.82) is 0 Å². The van der Waals surface area contributed by atoms with Crippen LogP contribution in [0.25, 0.3) is 0 Å². The lowest BCUT2D eigenvalue weighted by molar-refractivity contribution is -0.146. The second kappa shape index (κ2) is 7.32. The summed E-state index contributed by atoms with van der Waals surface area (Å²) in [6, 6.07) is 1.24.